The maximum Gasteiger partial charge on any atom is 0.252 e. The van der Waals surface area contributed by atoms with Gasteiger partial charge in [0.2, 0.25) is 5.91 Å². The van der Waals surface area contributed by atoms with Crippen LogP contribution in [0.4, 0.5) is 5.69 Å². The normalized spacial score (nSPS) is 11.7. The number of carbonyl (C=O) groups excluding carboxylic acids is 2. The standard InChI is InChI=1S/C17H18N2O3/c1-2-13(11-6-4-3-5-7-11)17(22)19-12-8-9-14(16(18)21)15(20)10-12/h3-10,13,20H,2H2,1H3,(H2,18,21)(H,19,22). The van der Waals surface area contributed by atoms with Crippen molar-refractivity contribution in [3.63, 3.8) is 0 Å². The molecule has 0 bridgehead atoms. The summed E-state index contributed by atoms with van der Waals surface area (Å²) in [6.07, 6.45) is 0.654. The van der Waals surface area contributed by atoms with Gasteiger partial charge in [-0.05, 0) is 24.1 Å². The molecule has 0 spiro atoms. The van der Waals surface area contributed by atoms with E-state index < -0.39 is 5.91 Å². The van der Waals surface area contributed by atoms with Crippen molar-refractivity contribution < 1.29 is 14.7 Å². The van der Waals surface area contributed by atoms with Gasteiger partial charge in [0.15, 0.2) is 0 Å². The van der Waals surface area contributed by atoms with Crippen LogP contribution >= 0.6 is 0 Å². The van der Waals surface area contributed by atoms with Crippen molar-refractivity contribution in [2.24, 2.45) is 5.73 Å². The number of aromatic hydroxyl groups is 1. The molecule has 0 heterocycles. The maximum atomic E-state index is 12.4. The van der Waals surface area contributed by atoms with Gasteiger partial charge in [-0.15, -0.1) is 0 Å². The van der Waals surface area contributed by atoms with E-state index in [1.54, 1.807) is 0 Å². The molecular formula is C17H18N2O3. The number of benzene rings is 2. The largest absolute Gasteiger partial charge is 0.507 e. The van der Waals surface area contributed by atoms with Crippen LogP contribution in [0, 0.1) is 0 Å². The number of primary amides is 1. The van der Waals surface area contributed by atoms with Crippen molar-refractivity contribution in [2.75, 3.05) is 5.32 Å². The molecule has 0 saturated heterocycles. The second-order valence-electron chi connectivity index (χ2n) is 4.96. The molecule has 5 nitrogen and oxygen atoms in total. The second-order valence-corrected chi connectivity index (χ2v) is 4.96. The summed E-state index contributed by atoms with van der Waals surface area (Å²) in [6.45, 7) is 1.94. The number of nitrogens with two attached hydrogens (primary N) is 1. The Morgan fingerprint density at radius 1 is 1.18 bits per heavy atom. The van der Waals surface area contributed by atoms with E-state index in [2.05, 4.69) is 5.32 Å². The van der Waals surface area contributed by atoms with Gasteiger partial charge in [0.25, 0.3) is 5.91 Å². The molecule has 0 aliphatic heterocycles. The van der Waals surface area contributed by atoms with Gasteiger partial charge in [0.1, 0.15) is 5.75 Å². The fourth-order valence-corrected chi connectivity index (χ4v) is 2.30. The number of anilines is 1. The molecule has 114 valence electrons. The fourth-order valence-electron chi connectivity index (χ4n) is 2.30. The molecule has 0 saturated carbocycles. The van der Waals surface area contributed by atoms with E-state index in [-0.39, 0.29) is 23.1 Å². The number of carbonyl (C=O) groups is 2. The van der Waals surface area contributed by atoms with Crippen LogP contribution in [0.25, 0.3) is 0 Å². The zero-order valence-corrected chi connectivity index (χ0v) is 12.2. The zero-order chi connectivity index (χ0) is 16.1. The first-order valence-electron chi connectivity index (χ1n) is 7.01. The molecule has 0 radical (unpaired) electrons. The molecule has 0 aromatic heterocycles. The van der Waals surface area contributed by atoms with Crippen LogP contribution in [-0.4, -0.2) is 16.9 Å². The molecule has 2 amide bonds. The van der Waals surface area contributed by atoms with Gasteiger partial charge in [-0.2, -0.15) is 0 Å². The Bertz CT molecular complexity index is 684. The average molecular weight is 298 g/mol. The van der Waals surface area contributed by atoms with Crippen LogP contribution in [0.5, 0.6) is 5.75 Å². The summed E-state index contributed by atoms with van der Waals surface area (Å²) < 4.78 is 0. The van der Waals surface area contributed by atoms with Crippen molar-refractivity contribution in [3.05, 3.63) is 59.7 Å². The number of hydrogen-bond acceptors (Lipinski definition) is 3. The Morgan fingerprint density at radius 3 is 2.41 bits per heavy atom. The molecule has 1 atom stereocenters. The van der Waals surface area contributed by atoms with Crippen LogP contribution in [0.2, 0.25) is 0 Å². The summed E-state index contributed by atoms with van der Waals surface area (Å²) in [5.41, 5.74) is 6.50. The highest BCUT2D eigenvalue weighted by atomic mass is 16.3. The van der Waals surface area contributed by atoms with Crippen molar-refractivity contribution >= 4 is 17.5 Å². The van der Waals surface area contributed by atoms with E-state index >= 15 is 0 Å². The summed E-state index contributed by atoms with van der Waals surface area (Å²) in [5, 5.41) is 12.5. The zero-order valence-electron chi connectivity index (χ0n) is 12.2. The molecule has 0 aliphatic carbocycles. The Kier molecular flexibility index (Phi) is 4.78. The molecule has 1 unspecified atom stereocenters. The third-order valence-corrected chi connectivity index (χ3v) is 3.46. The number of hydrogen-bond donors (Lipinski definition) is 3. The molecule has 4 N–H and O–H groups in total. The van der Waals surface area contributed by atoms with Gasteiger partial charge in [-0.1, -0.05) is 37.3 Å². The van der Waals surface area contributed by atoms with Gasteiger partial charge in [0, 0.05) is 11.8 Å². The Labute approximate surface area is 128 Å². The lowest BCUT2D eigenvalue weighted by Gasteiger charge is -2.15. The number of rotatable bonds is 5. The van der Waals surface area contributed by atoms with Crippen LogP contribution in [0.15, 0.2) is 48.5 Å². The van der Waals surface area contributed by atoms with Gasteiger partial charge in [0.05, 0.1) is 11.5 Å². The van der Waals surface area contributed by atoms with Crippen LogP contribution < -0.4 is 11.1 Å². The van der Waals surface area contributed by atoms with E-state index in [1.807, 2.05) is 37.3 Å². The summed E-state index contributed by atoms with van der Waals surface area (Å²) in [7, 11) is 0. The topological polar surface area (TPSA) is 92.4 Å². The van der Waals surface area contributed by atoms with Crippen molar-refractivity contribution in [1.82, 2.24) is 0 Å². The summed E-state index contributed by atoms with van der Waals surface area (Å²) in [6, 6.07) is 13.7. The quantitative estimate of drug-likeness (QED) is 0.792. The van der Waals surface area contributed by atoms with Crippen LogP contribution in [0.1, 0.15) is 35.2 Å². The number of nitrogens with one attached hydrogen (secondary N) is 1. The highest BCUT2D eigenvalue weighted by Crippen LogP contribution is 2.25. The van der Waals surface area contributed by atoms with Crippen LogP contribution in [-0.2, 0) is 4.79 Å². The van der Waals surface area contributed by atoms with E-state index in [0.717, 1.165) is 5.56 Å². The molecule has 2 aromatic rings. The van der Waals surface area contributed by atoms with E-state index in [9.17, 15) is 14.7 Å². The highest BCUT2D eigenvalue weighted by Gasteiger charge is 2.19. The predicted molar refractivity (Wildman–Crippen MR) is 84.7 cm³/mol. The Balaban J connectivity index is 2.17. The number of amides is 2. The first-order chi connectivity index (χ1) is 10.5. The Hall–Kier alpha value is -2.82. The lowest BCUT2D eigenvalue weighted by Crippen LogP contribution is -2.20. The molecule has 2 aromatic carbocycles. The molecule has 0 fully saturated rings. The second kappa shape index (κ2) is 6.76. The minimum absolute atomic E-state index is 0.0214. The molecular weight excluding hydrogens is 280 g/mol. The fraction of sp³-hybridized carbons (Fsp3) is 0.176. The maximum absolute atomic E-state index is 12.4. The third-order valence-electron chi connectivity index (χ3n) is 3.46. The Morgan fingerprint density at radius 2 is 1.86 bits per heavy atom. The smallest absolute Gasteiger partial charge is 0.252 e. The predicted octanol–water partition coefficient (Wildman–Crippen LogP) is 2.62. The van der Waals surface area contributed by atoms with Crippen molar-refractivity contribution in [1.29, 1.82) is 0 Å². The highest BCUT2D eigenvalue weighted by molar-refractivity contribution is 5.98. The lowest BCUT2D eigenvalue weighted by molar-refractivity contribution is -0.117. The van der Waals surface area contributed by atoms with Gasteiger partial charge in [-0.25, -0.2) is 0 Å². The average Bonchev–Trinajstić information content (AvgIpc) is 2.48. The summed E-state index contributed by atoms with van der Waals surface area (Å²) in [4.78, 5) is 23.5. The van der Waals surface area contributed by atoms with E-state index in [0.29, 0.717) is 12.1 Å². The lowest BCUT2D eigenvalue weighted by atomic mass is 9.95. The van der Waals surface area contributed by atoms with Gasteiger partial charge in [-0.3, -0.25) is 9.59 Å². The first-order valence-corrected chi connectivity index (χ1v) is 7.01. The molecule has 2 rings (SSSR count). The van der Waals surface area contributed by atoms with Crippen molar-refractivity contribution in [3.8, 4) is 5.75 Å². The molecule has 22 heavy (non-hydrogen) atoms. The minimum Gasteiger partial charge on any atom is -0.507 e. The first kappa shape index (κ1) is 15.6. The summed E-state index contributed by atoms with van der Waals surface area (Å²) in [5.74, 6) is -1.41. The summed E-state index contributed by atoms with van der Waals surface area (Å²) >= 11 is 0. The van der Waals surface area contributed by atoms with Gasteiger partial charge < -0.3 is 16.2 Å². The minimum atomic E-state index is -0.717. The van der Waals surface area contributed by atoms with E-state index in [4.69, 9.17) is 5.73 Å². The SMILES string of the molecule is CCC(C(=O)Nc1ccc(C(N)=O)c(O)c1)c1ccccc1. The molecule has 5 heteroatoms. The van der Waals surface area contributed by atoms with E-state index in [1.165, 1.54) is 18.2 Å². The van der Waals surface area contributed by atoms with Crippen LogP contribution in [0.3, 0.4) is 0 Å². The van der Waals surface area contributed by atoms with Gasteiger partial charge >= 0.3 is 0 Å². The third kappa shape index (κ3) is 3.44. The monoisotopic (exact) mass is 298 g/mol. The van der Waals surface area contributed by atoms with Crippen molar-refractivity contribution in [2.45, 2.75) is 19.3 Å². The molecule has 0 aliphatic rings. The number of phenols is 1.